The average Bonchev–Trinajstić information content (AvgIpc) is 2.84. The molecule has 1 fully saturated rings. The number of hydrogen-bond acceptors (Lipinski definition) is 4. The molecule has 0 unspecified atom stereocenters. The topological polar surface area (TPSA) is 51.4 Å². The predicted molar refractivity (Wildman–Crippen MR) is 63.3 cm³/mol. The lowest BCUT2D eigenvalue weighted by molar-refractivity contribution is 0.230. The van der Waals surface area contributed by atoms with E-state index in [1.807, 2.05) is 0 Å². The number of rotatable bonds is 5. The average molecular weight is 239 g/mol. The molecule has 0 saturated carbocycles. The zero-order chi connectivity index (χ0) is 12.1. The third kappa shape index (κ3) is 3.38. The highest BCUT2D eigenvalue weighted by Crippen LogP contribution is 2.15. The van der Waals surface area contributed by atoms with Crippen molar-refractivity contribution in [3.8, 4) is 5.88 Å². The second kappa shape index (κ2) is 5.93. The van der Waals surface area contributed by atoms with Gasteiger partial charge in [0.1, 0.15) is 12.4 Å². The van der Waals surface area contributed by atoms with E-state index in [0.29, 0.717) is 18.1 Å². The second-order valence-corrected chi connectivity index (χ2v) is 4.22. The molecule has 1 saturated heterocycles. The summed E-state index contributed by atoms with van der Waals surface area (Å²) in [4.78, 5) is 6.27. The Labute approximate surface area is 101 Å². The number of hydrogen-bond donors (Lipinski definition) is 1. The smallest absolute Gasteiger partial charge is 0.218 e. The van der Waals surface area contributed by atoms with Crippen LogP contribution in [-0.4, -0.2) is 36.1 Å². The van der Waals surface area contributed by atoms with E-state index in [0.717, 1.165) is 25.8 Å². The SMILES string of the molecule is NCc1cc(F)cnc1OCCN1CCCC1. The second-order valence-electron chi connectivity index (χ2n) is 4.22. The van der Waals surface area contributed by atoms with E-state index in [-0.39, 0.29) is 12.4 Å². The lowest BCUT2D eigenvalue weighted by Gasteiger charge is -2.15. The van der Waals surface area contributed by atoms with Crippen LogP contribution in [0.15, 0.2) is 12.3 Å². The van der Waals surface area contributed by atoms with Crippen LogP contribution in [0.4, 0.5) is 4.39 Å². The van der Waals surface area contributed by atoms with Gasteiger partial charge in [0.05, 0.1) is 6.20 Å². The maximum absolute atomic E-state index is 12.9. The van der Waals surface area contributed by atoms with E-state index in [4.69, 9.17) is 10.5 Å². The highest BCUT2D eigenvalue weighted by atomic mass is 19.1. The Morgan fingerprint density at radius 2 is 2.18 bits per heavy atom. The van der Waals surface area contributed by atoms with Crippen molar-refractivity contribution in [2.45, 2.75) is 19.4 Å². The molecule has 2 N–H and O–H groups in total. The molecule has 0 spiro atoms. The van der Waals surface area contributed by atoms with Gasteiger partial charge in [-0.3, -0.25) is 4.90 Å². The molecule has 4 nitrogen and oxygen atoms in total. The maximum atomic E-state index is 12.9. The number of likely N-dealkylation sites (tertiary alicyclic amines) is 1. The van der Waals surface area contributed by atoms with Gasteiger partial charge < -0.3 is 10.5 Å². The molecule has 0 radical (unpaired) electrons. The maximum Gasteiger partial charge on any atom is 0.218 e. The summed E-state index contributed by atoms with van der Waals surface area (Å²) in [6.07, 6.45) is 3.69. The van der Waals surface area contributed by atoms with Crippen molar-refractivity contribution in [2.24, 2.45) is 5.73 Å². The highest BCUT2D eigenvalue weighted by molar-refractivity contribution is 5.25. The largest absolute Gasteiger partial charge is 0.476 e. The van der Waals surface area contributed by atoms with Crippen molar-refractivity contribution in [3.63, 3.8) is 0 Å². The van der Waals surface area contributed by atoms with Crippen LogP contribution in [-0.2, 0) is 6.54 Å². The zero-order valence-corrected chi connectivity index (χ0v) is 9.86. The van der Waals surface area contributed by atoms with Crippen molar-refractivity contribution >= 4 is 0 Å². The molecule has 1 aliphatic heterocycles. The minimum absolute atomic E-state index is 0.240. The van der Waals surface area contributed by atoms with Gasteiger partial charge in [-0.15, -0.1) is 0 Å². The van der Waals surface area contributed by atoms with Crippen molar-refractivity contribution in [1.29, 1.82) is 0 Å². The van der Waals surface area contributed by atoms with Crippen LogP contribution < -0.4 is 10.5 Å². The molecule has 1 aromatic rings. The summed E-state index contributed by atoms with van der Waals surface area (Å²) in [6, 6.07) is 1.37. The van der Waals surface area contributed by atoms with Crippen LogP contribution in [0, 0.1) is 5.82 Å². The summed E-state index contributed by atoms with van der Waals surface area (Å²) in [5.74, 6) is 0.0745. The fourth-order valence-corrected chi connectivity index (χ4v) is 2.02. The van der Waals surface area contributed by atoms with Crippen molar-refractivity contribution < 1.29 is 9.13 Å². The standard InChI is InChI=1S/C12H18FN3O/c13-11-7-10(8-14)12(15-9-11)17-6-5-16-3-1-2-4-16/h7,9H,1-6,8,14H2. The molecule has 0 bridgehead atoms. The monoisotopic (exact) mass is 239 g/mol. The molecule has 1 aliphatic rings. The molecule has 94 valence electrons. The number of nitrogens with zero attached hydrogens (tertiary/aromatic N) is 2. The van der Waals surface area contributed by atoms with Gasteiger partial charge in [-0.2, -0.15) is 0 Å². The number of ether oxygens (including phenoxy) is 1. The third-order valence-corrected chi connectivity index (χ3v) is 2.96. The van der Waals surface area contributed by atoms with Gasteiger partial charge >= 0.3 is 0 Å². The van der Waals surface area contributed by atoms with Crippen LogP contribution in [0.3, 0.4) is 0 Å². The minimum Gasteiger partial charge on any atom is -0.476 e. The summed E-state index contributed by atoms with van der Waals surface area (Å²) in [5.41, 5.74) is 6.13. The fraction of sp³-hybridized carbons (Fsp3) is 0.583. The molecule has 0 atom stereocenters. The molecule has 2 heterocycles. The van der Waals surface area contributed by atoms with E-state index in [1.54, 1.807) is 0 Å². The molecule has 1 aromatic heterocycles. The van der Waals surface area contributed by atoms with Gasteiger partial charge in [0.25, 0.3) is 0 Å². The quantitative estimate of drug-likeness (QED) is 0.837. The summed E-state index contributed by atoms with van der Waals surface area (Å²) in [6.45, 7) is 3.99. The number of pyridine rings is 1. The summed E-state index contributed by atoms with van der Waals surface area (Å²) >= 11 is 0. The van der Waals surface area contributed by atoms with Gasteiger partial charge in [-0.05, 0) is 32.0 Å². The highest BCUT2D eigenvalue weighted by Gasteiger charge is 2.12. The van der Waals surface area contributed by atoms with E-state index >= 15 is 0 Å². The Hall–Kier alpha value is -1.20. The van der Waals surface area contributed by atoms with E-state index in [2.05, 4.69) is 9.88 Å². The lowest BCUT2D eigenvalue weighted by Crippen LogP contribution is -2.25. The van der Waals surface area contributed by atoms with E-state index in [9.17, 15) is 4.39 Å². The fourth-order valence-electron chi connectivity index (χ4n) is 2.02. The van der Waals surface area contributed by atoms with Crippen LogP contribution in [0.5, 0.6) is 5.88 Å². The first-order valence-corrected chi connectivity index (χ1v) is 5.99. The van der Waals surface area contributed by atoms with E-state index < -0.39 is 0 Å². The Bertz CT molecular complexity index is 367. The van der Waals surface area contributed by atoms with Crippen molar-refractivity contribution in [3.05, 3.63) is 23.6 Å². The van der Waals surface area contributed by atoms with Gasteiger partial charge in [0.15, 0.2) is 0 Å². The Morgan fingerprint density at radius 1 is 1.41 bits per heavy atom. The first-order chi connectivity index (χ1) is 8.29. The lowest BCUT2D eigenvalue weighted by atomic mass is 10.3. The van der Waals surface area contributed by atoms with Crippen LogP contribution in [0.2, 0.25) is 0 Å². The zero-order valence-electron chi connectivity index (χ0n) is 9.86. The summed E-state index contributed by atoms with van der Waals surface area (Å²) < 4.78 is 18.5. The van der Waals surface area contributed by atoms with Gasteiger partial charge in [0, 0.05) is 18.7 Å². The van der Waals surface area contributed by atoms with Crippen LogP contribution >= 0.6 is 0 Å². The number of aromatic nitrogens is 1. The predicted octanol–water partition coefficient (Wildman–Crippen LogP) is 1.15. The molecule has 0 aliphatic carbocycles. The first-order valence-electron chi connectivity index (χ1n) is 5.99. The van der Waals surface area contributed by atoms with Gasteiger partial charge in [-0.25, -0.2) is 9.37 Å². The summed E-state index contributed by atoms with van der Waals surface area (Å²) in [7, 11) is 0. The first kappa shape index (κ1) is 12.3. The molecule has 0 aromatic carbocycles. The molecule has 2 rings (SSSR count). The Kier molecular flexibility index (Phi) is 4.28. The third-order valence-electron chi connectivity index (χ3n) is 2.96. The molecule has 17 heavy (non-hydrogen) atoms. The Morgan fingerprint density at radius 3 is 2.88 bits per heavy atom. The number of halogens is 1. The van der Waals surface area contributed by atoms with Crippen molar-refractivity contribution in [1.82, 2.24) is 9.88 Å². The number of nitrogens with two attached hydrogens (primary N) is 1. The normalized spacial score (nSPS) is 16.4. The van der Waals surface area contributed by atoms with Crippen molar-refractivity contribution in [2.75, 3.05) is 26.2 Å². The Balaban J connectivity index is 1.85. The molecule has 5 heteroatoms. The van der Waals surface area contributed by atoms with Crippen LogP contribution in [0.25, 0.3) is 0 Å². The van der Waals surface area contributed by atoms with Gasteiger partial charge in [0.2, 0.25) is 5.88 Å². The molecule has 0 amide bonds. The van der Waals surface area contributed by atoms with Gasteiger partial charge in [-0.1, -0.05) is 0 Å². The summed E-state index contributed by atoms with van der Waals surface area (Å²) in [5, 5.41) is 0. The van der Waals surface area contributed by atoms with E-state index in [1.165, 1.54) is 18.9 Å². The molecular formula is C12H18FN3O. The minimum atomic E-state index is -0.377. The van der Waals surface area contributed by atoms with Crippen LogP contribution in [0.1, 0.15) is 18.4 Å². The molecular weight excluding hydrogens is 221 g/mol.